The second-order valence-electron chi connectivity index (χ2n) is 7.74. The van der Waals surface area contributed by atoms with E-state index in [2.05, 4.69) is 36.9 Å². The van der Waals surface area contributed by atoms with Gasteiger partial charge in [-0.25, -0.2) is 4.98 Å². The SMILES string of the molecule is Cc1ccc(-c2nc(CN3CCC(C(=O)c4ccccc4)CC3)co2)c(C)c1. The molecule has 0 unspecified atom stereocenters. The fraction of sp³-hybridized carbons (Fsp3) is 0.333. The summed E-state index contributed by atoms with van der Waals surface area (Å²) in [6.07, 6.45) is 3.56. The highest BCUT2D eigenvalue weighted by atomic mass is 16.3. The third-order valence-electron chi connectivity index (χ3n) is 5.57. The summed E-state index contributed by atoms with van der Waals surface area (Å²) < 4.78 is 5.74. The van der Waals surface area contributed by atoms with E-state index in [1.807, 2.05) is 30.3 Å². The van der Waals surface area contributed by atoms with E-state index in [-0.39, 0.29) is 11.7 Å². The van der Waals surface area contributed by atoms with Crippen LogP contribution in [0.2, 0.25) is 0 Å². The molecule has 1 saturated heterocycles. The number of oxazole rings is 1. The minimum absolute atomic E-state index is 0.127. The number of piperidine rings is 1. The van der Waals surface area contributed by atoms with Gasteiger partial charge in [-0.05, 0) is 51.4 Å². The van der Waals surface area contributed by atoms with E-state index in [1.165, 1.54) is 11.1 Å². The minimum atomic E-state index is 0.127. The number of ketones is 1. The molecular weight excluding hydrogens is 348 g/mol. The van der Waals surface area contributed by atoms with Gasteiger partial charge in [0, 0.05) is 23.6 Å². The molecule has 2 aromatic carbocycles. The highest BCUT2D eigenvalue weighted by Gasteiger charge is 2.26. The minimum Gasteiger partial charge on any atom is -0.444 e. The molecular formula is C24H26N2O2. The molecule has 144 valence electrons. The first-order chi connectivity index (χ1) is 13.6. The van der Waals surface area contributed by atoms with Crippen LogP contribution in [-0.4, -0.2) is 28.8 Å². The molecule has 0 amide bonds. The molecule has 28 heavy (non-hydrogen) atoms. The van der Waals surface area contributed by atoms with E-state index in [0.29, 0.717) is 5.89 Å². The van der Waals surface area contributed by atoms with Gasteiger partial charge in [0.1, 0.15) is 6.26 Å². The standard InChI is InChI=1S/C24H26N2O2/c1-17-8-9-22(18(2)14-17)24-25-21(16-28-24)15-26-12-10-20(11-13-26)23(27)19-6-4-3-5-7-19/h3-9,14,16,20H,10-13,15H2,1-2H3. The van der Waals surface area contributed by atoms with E-state index in [9.17, 15) is 4.79 Å². The summed E-state index contributed by atoms with van der Waals surface area (Å²) in [6.45, 7) is 6.76. The summed E-state index contributed by atoms with van der Waals surface area (Å²) in [6, 6.07) is 15.9. The lowest BCUT2D eigenvalue weighted by molar-refractivity contribution is 0.0834. The van der Waals surface area contributed by atoms with Crippen molar-refractivity contribution in [3.05, 3.63) is 77.2 Å². The molecule has 0 aliphatic carbocycles. The first kappa shape index (κ1) is 18.6. The topological polar surface area (TPSA) is 46.3 Å². The number of aryl methyl sites for hydroxylation is 2. The zero-order valence-corrected chi connectivity index (χ0v) is 16.5. The molecule has 0 saturated carbocycles. The van der Waals surface area contributed by atoms with E-state index in [1.54, 1.807) is 6.26 Å². The van der Waals surface area contributed by atoms with Gasteiger partial charge in [-0.1, -0.05) is 48.0 Å². The average molecular weight is 374 g/mol. The molecule has 0 bridgehead atoms. The van der Waals surface area contributed by atoms with Crippen molar-refractivity contribution in [2.75, 3.05) is 13.1 Å². The Morgan fingerprint density at radius 3 is 2.57 bits per heavy atom. The predicted molar refractivity (Wildman–Crippen MR) is 110 cm³/mol. The van der Waals surface area contributed by atoms with Crippen LogP contribution in [0.5, 0.6) is 0 Å². The Hall–Kier alpha value is -2.72. The Balaban J connectivity index is 1.35. The summed E-state index contributed by atoms with van der Waals surface area (Å²) in [7, 11) is 0. The fourth-order valence-corrected chi connectivity index (χ4v) is 3.98. The number of rotatable bonds is 5. The molecule has 1 fully saturated rings. The van der Waals surface area contributed by atoms with Crippen LogP contribution in [-0.2, 0) is 6.54 Å². The molecule has 4 rings (SSSR count). The number of Topliss-reactive ketones (excluding diaryl/α,β-unsaturated/α-hetero) is 1. The molecule has 0 N–H and O–H groups in total. The fourth-order valence-electron chi connectivity index (χ4n) is 3.98. The van der Waals surface area contributed by atoms with Crippen molar-refractivity contribution in [1.82, 2.24) is 9.88 Å². The predicted octanol–water partition coefficient (Wildman–Crippen LogP) is 5.05. The van der Waals surface area contributed by atoms with E-state index in [0.717, 1.165) is 49.3 Å². The molecule has 2 heterocycles. The molecule has 4 heteroatoms. The van der Waals surface area contributed by atoms with Gasteiger partial charge in [-0.15, -0.1) is 0 Å². The van der Waals surface area contributed by atoms with Gasteiger partial charge in [0.2, 0.25) is 5.89 Å². The van der Waals surface area contributed by atoms with Crippen molar-refractivity contribution in [1.29, 1.82) is 0 Å². The third-order valence-corrected chi connectivity index (χ3v) is 5.57. The Morgan fingerprint density at radius 1 is 1.11 bits per heavy atom. The van der Waals surface area contributed by atoms with E-state index in [4.69, 9.17) is 9.40 Å². The largest absolute Gasteiger partial charge is 0.444 e. The number of carbonyl (C=O) groups excluding carboxylic acids is 1. The first-order valence-corrected chi connectivity index (χ1v) is 9.94. The summed E-state index contributed by atoms with van der Waals surface area (Å²) in [5, 5.41) is 0. The van der Waals surface area contributed by atoms with E-state index < -0.39 is 0 Å². The maximum absolute atomic E-state index is 12.6. The molecule has 0 radical (unpaired) electrons. The number of carbonyl (C=O) groups is 1. The summed E-state index contributed by atoms with van der Waals surface area (Å²) in [5.74, 6) is 1.09. The highest BCUT2D eigenvalue weighted by molar-refractivity contribution is 5.97. The van der Waals surface area contributed by atoms with Crippen LogP contribution in [0.25, 0.3) is 11.5 Å². The Bertz CT molecular complexity index is 954. The quantitative estimate of drug-likeness (QED) is 0.586. The molecule has 0 spiro atoms. The monoisotopic (exact) mass is 374 g/mol. The van der Waals surface area contributed by atoms with Crippen molar-refractivity contribution < 1.29 is 9.21 Å². The molecule has 1 aliphatic heterocycles. The molecule has 1 aliphatic rings. The first-order valence-electron chi connectivity index (χ1n) is 9.94. The van der Waals surface area contributed by atoms with Crippen molar-refractivity contribution in [3.63, 3.8) is 0 Å². The molecule has 3 aromatic rings. The van der Waals surface area contributed by atoms with Gasteiger partial charge in [0.05, 0.1) is 5.69 Å². The molecule has 0 atom stereocenters. The van der Waals surface area contributed by atoms with Crippen molar-refractivity contribution in [3.8, 4) is 11.5 Å². The lowest BCUT2D eigenvalue weighted by atomic mass is 9.89. The van der Waals surface area contributed by atoms with Crippen LogP contribution in [0.1, 0.15) is 40.0 Å². The van der Waals surface area contributed by atoms with Gasteiger partial charge in [-0.3, -0.25) is 9.69 Å². The Morgan fingerprint density at radius 2 is 1.86 bits per heavy atom. The van der Waals surface area contributed by atoms with Gasteiger partial charge < -0.3 is 4.42 Å². The number of hydrogen-bond acceptors (Lipinski definition) is 4. The van der Waals surface area contributed by atoms with Crippen molar-refractivity contribution >= 4 is 5.78 Å². The maximum atomic E-state index is 12.6. The molecule has 4 nitrogen and oxygen atoms in total. The maximum Gasteiger partial charge on any atom is 0.226 e. The van der Waals surface area contributed by atoms with E-state index >= 15 is 0 Å². The summed E-state index contributed by atoms with van der Waals surface area (Å²) >= 11 is 0. The second kappa shape index (κ2) is 8.11. The van der Waals surface area contributed by atoms with Crippen LogP contribution in [0.4, 0.5) is 0 Å². The van der Waals surface area contributed by atoms with Gasteiger partial charge in [-0.2, -0.15) is 0 Å². The van der Waals surface area contributed by atoms with Gasteiger partial charge in [0.25, 0.3) is 0 Å². The zero-order chi connectivity index (χ0) is 19.5. The number of likely N-dealkylation sites (tertiary alicyclic amines) is 1. The second-order valence-corrected chi connectivity index (χ2v) is 7.74. The van der Waals surface area contributed by atoms with Gasteiger partial charge in [0.15, 0.2) is 5.78 Å². The van der Waals surface area contributed by atoms with Crippen molar-refractivity contribution in [2.24, 2.45) is 5.92 Å². The van der Waals surface area contributed by atoms with Gasteiger partial charge >= 0.3 is 0 Å². The van der Waals surface area contributed by atoms with Crippen LogP contribution >= 0.6 is 0 Å². The van der Waals surface area contributed by atoms with Crippen LogP contribution in [0.15, 0.2) is 59.2 Å². The number of hydrogen-bond donors (Lipinski definition) is 0. The number of benzene rings is 2. The molecule has 1 aromatic heterocycles. The third kappa shape index (κ3) is 4.07. The number of aromatic nitrogens is 1. The average Bonchev–Trinajstić information content (AvgIpc) is 3.17. The normalized spacial score (nSPS) is 15.6. The number of nitrogens with zero attached hydrogens (tertiary/aromatic N) is 2. The Labute approximate surface area is 166 Å². The van der Waals surface area contributed by atoms with Crippen LogP contribution in [0, 0.1) is 19.8 Å². The van der Waals surface area contributed by atoms with Crippen LogP contribution in [0.3, 0.4) is 0 Å². The Kier molecular flexibility index (Phi) is 5.40. The smallest absolute Gasteiger partial charge is 0.226 e. The zero-order valence-electron chi connectivity index (χ0n) is 16.5. The highest BCUT2D eigenvalue weighted by Crippen LogP contribution is 2.26. The lowest BCUT2D eigenvalue weighted by Gasteiger charge is -2.30. The van der Waals surface area contributed by atoms with Crippen molar-refractivity contribution in [2.45, 2.75) is 33.2 Å². The summed E-state index contributed by atoms with van der Waals surface area (Å²) in [4.78, 5) is 19.7. The summed E-state index contributed by atoms with van der Waals surface area (Å²) in [5.41, 5.74) is 5.23. The lowest BCUT2D eigenvalue weighted by Crippen LogP contribution is -2.36. The van der Waals surface area contributed by atoms with Crippen LogP contribution < -0.4 is 0 Å².